The number of aromatic carboxylic acids is 1. The zero-order valence-corrected chi connectivity index (χ0v) is 14.0. The van der Waals surface area contributed by atoms with Crippen LogP contribution in [0.2, 0.25) is 0 Å². The molecule has 0 saturated heterocycles. The Labute approximate surface area is 144 Å². The Hall–Kier alpha value is -3.09. The molecule has 7 nitrogen and oxygen atoms in total. The van der Waals surface area contributed by atoms with Gasteiger partial charge in [0.2, 0.25) is 5.76 Å². The molecule has 0 atom stereocenters. The third-order valence-electron chi connectivity index (χ3n) is 3.86. The van der Waals surface area contributed by atoms with Crippen LogP contribution < -0.4 is 5.32 Å². The minimum atomic E-state index is -1.20. The lowest BCUT2D eigenvalue weighted by atomic mass is 10.3. The summed E-state index contributed by atoms with van der Waals surface area (Å²) in [4.78, 5) is 27.5. The molecule has 2 N–H and O–H groups in total. The molecule has 3 rings (SSSR count). The van der Waals surface area contributed by atoms with Crippen molar-refractivity contribution in [2.45, 2.75) is 26.3 Å². The first-order valence-electron chi connectivity index (χ1n) is 8.04. The minimum absolute atomic E-state index is 0.0187. The van der Waals surface area contributed by atoms with Gasteiger partial charge in [-0.1, -0.05) is 12.1 Å². The van der Waals surface area contributed by atoms with Gasteiger partial charge in [-0.3, -0.25) is 4.79 Å². The van der Waals surface area contributed by atoms with Crippen LogP contribution in [0.25, 0.3) is 11.0 Å². The second-order valence-electron chi connectivity index (χ2n) is 5.96. The molecule has 0 bridgehead atoms. The Bertz CT molecular complexity index is 923. The molecule has 7 heteroatoms. The Morgan fingerprint density at radius 3 is 2.60 bits per heavy atom. The molecule has 130 valence electrons. The van der Waals surface area contributed by atoms with Gasteiger partial charge in [-0.2, -0.15) is 0 Å². The number of aromatic nitrogens is 2. The van der Waals surface area contributed by atoms with Crippen molar-refractivity contribution in [3.05, 3.63) is 53.7 Å². The van der Waals surface area contributed by atoms with Gasteiger partial charge >= 0.3 is 5.97 Å². The van der Waals surface area contributed by atoms with Crippen LogP contribution in [0.15, 0.2) is 40.8 Å². The van der Waals surface area contributed by atoms with E-state index in [0.29, 0.717) is 13.0 Å². The number of carboxylic acid groups (broad SMARTS) is 1. The summed E-state index contributed by atoms with van der Waals surface area (Å²) in [6.07, 6.45) is 0.561. The molecule has 2 aromatic heterocycles. The Balaban J connectivity index is 1.69. The van der Waals surface area contributed by atoms with Gasteiger partial charge in [-0.25, -0.2) is 9.78 Å². The van der Waals surface area contributed by atoms with Crippen LogP contribution in [-0.4, -0.2) is 33.1 Å². The Kier molecular flexibility index (Phi) is 4.56. The number of amides is 1. The predicted octanol–water partition coefficient (Wildman–Crippen LogP) is 2.88. The van der Waals surface area contributed by atoms with Crippen molar-refractivity contribution >= 4 is 22.9 Å². The van der Waals surface area contributed by atoms with Crippen LogP contribution in [0.5, 0.6) is 0 Å². The summed E-state index contributed by atoms with van der Waals surface area (Å²) in [6, 6.07) is 10.8. The van der Waals surface area contributed by atoms with Crippen molar-refractivity contribution in [1.29, 1.82) is 0 Å². The van der Waals surface area contributed by atoms with E-state index in [4.69, 9.17) is 9.52 Å². The summed E-state index contributed by atoms with van der Waals surface area (Å²) in [5.74, 6) is -1.03. The van der Waals surface area contributed by atoms with Crippen LogP contribution >= 0.6 is 0 Å². The average Bonchev–Trinajstić information content (AvgIpc) is 3.19. The molecule has 1 aromatic carbocycles. The molecule has 0 radical (unpaired) electrons. The summed E-state index contributed by atoms with van der Waals surface area (Å²) in [5, 5.41) is 11.6. The summed E-state index contributed by atoms with van der Waals surface area (Å²) >= 11 is 0. The minimum Gasteiger partial charge on any atom is -0.475 e. The van der Waals surface area contributed by atoms with E-state index in [1.54, 1.807) is 0 Å². The number of hydrogen-bond donors (Lipinski definition) is 2. The predicted molar refractivity (Wildman–Crippen MR) is 91.8 cm³/mol. The van der Waals surface area contributed by atoms with E-state index in [2.05, 4.69) is 28.7 Å². The molecule has 0 aliphatic carbocycles. The molecular formula is C18H19N3O4. The zero-order valence-electron chi connectivity index (χ0n) is 14.0. The lowest BCUT2D eigenvalue weighted by Crippen LogP contribution is -2.26. The molecule has 25 heavy (non-hydrogen) atoms. The standard InChI is InChI=1S/C18H19N3O4/c1-11(2)21-13-6-4-3-5-12(13)20-16(21)9-10-19-17(22)14-7-8-15(25-14)18(23)24/h3-8,11H,9-10H2,1-2H3,(H,19,22)(H,23,24). The number of carbonyl (C=O) groups is 2. The highest BCUT2D eigenvalue weighted by Crippen LogP contribution is 2.21. The Morgan fingerprint density at radius 1 is 1.20 bits per heavy atom. The number of rotatable bonds is 6. The van der Waals surface area contributed by atoms with Gasteiger partial charge in [0.15, 0.2) is 5.76 Å². The van der Waals surface area contributed by atoms with Crippen LogP contribution in [-0.2, 0) is 6.42 Å². The smallest absolute Gasteiger partial charge is 0.371 e. The number of nitrogens with zero attached hydrogens (tertiary/aromatic N) is 2. The number of fused-ring (bicyclic) bond motifs is 1. The fraction of sp³-hybridized carbons (Fsp3) is 0.278. The molecule has 1 amide bonds. The maximum atomic E-state index is 12.0. The van der Waals surface area contributed by atoms with Crippen molar-refractivity contribution in [1.82, 2.24) is 14.9 Å². The highest BCUT2D eigenvalue weighted by atomic mass is 16.4. The molecule has 0 spiro atoms. The molecule has 3 aromatic rings. The maximum absolute atomic E-state index is 12.0. The first-order valence-corrected chi connectivity index (χ1v) is 8.04. The van der Waals surface area contributed by atoms with E-state index in [-0.39, 0.29) is 17.6 Å². The number of benzene rings is 1. The van der Waals surface area contributed by atoms with Gasteiger partial charge in [-0.05, 0) is 38.1 Å². The number of hydrogen-bond acceptors (Lipinski definition) is 4. The SMILES string of the molecule is CC(C)n1c(CCNC(=O)c2ccc(C(=O)O)o2)nc2ccccc21. The third-order valence-corrected chi connectivity index (χ3v) is 3.86. The van der Waals surface area contributed by atoms with Crippen LogP contribution in [0.1, 0.15) is 46.8 Å². The summed E-state index contributed by atoms with van der Waals surface area (Å²) in [7, 11) is 0. The van der Waals surface area contributed by atoms with E-state index in [0.717, 1.165) is 16.9 Å². The number of carboxylic acids is 1. The van der Waals surface area contributed by atoms with E-state index in [1.807, 2.05) is 24.3 Å². The number of imidazole rings is 1. The van der Waals surface area contributed by atoms with Gasteiger partial charge < -0.3 is 19.4 Å². The van der Waals surface area contributed by atoms with E-state index >= 15 is 0 Å². The number of carbonyl (C=O) groups excluding carboxylic acids is 1. The van der Waals surface area contributed by atoms with Gasteiger partial charge in [0.1, 0.15) is 5.82 Å². The number of furan rings is 1. The molecule has 0 fully saturated rings. The lowest BCUT2D eigenvalue weighted by Gasteiger charge is -2.13. The summed E-state index contributed by atoms with van der Waals surface area (Å²) in [5.41, 5.74) is 1.99. The van der Waals surface area contributed by atoms with Crippen LogP contribution in [0, 0.1) is 0 Å². The van der Waals surface area contributed by atoms with Gasteiger partial charge in [0.25, 0.3) is 5.91 Å². The molecule has 0 aliphatic rings. The molecule has 0 aliphatic heterocycles. The lowest BCUT2D eigenvalue weighted by molar-refractivity contribution is 0.0659. The van der Waals surface area contributed by atoms with Gasteiger partial charge in [-0.15, -0.1) is 0 Å². The average molecular weight is 341 g/mol. The second-order valence-corrected chi connectivity index (χ2v) is 5.96. The monoisotopic (exact) mass is 341 g/mol. The first kappa shape index (κ1) is 16.8. The summed E-state index contributed by atoms with van der Waals surface area (Å²) < 4.78 is 7.14. The number of nitrogens with one attached hydrogen (secondary N) is 1. The first-order chi connectivity index (χ1) is 12.0. The summed E-state index contributed by atoms with van der Waals surface area (Å²) in [6.45, 7) is 4.55. The fourth-order valence-corrected chi connectivity index (χ4v) is 2.80. The van der Waals surface area contributed by atoms with E-state index < -0.39 is 11.9 Å². The Morgan fingerprint density at radius 2 is 1.92 bits per heavy atom. The number of para-hydroxylation sites is 2. The van der Waals surface area contributed by atoms with Crippen molar-refractivity contribution in [3.63, 3.8) is 0 Å². The zero-order chi connectivity index (χ0) is 18.0. The third kappa shape index (κ3) is 3.40. The van der Waals surface area contributed by atoms with Crippen molar-refractivity contribution < 1.29 is 19.1 Å². The fourth-order valence-electron chi connectivity index (χ4n) is 2.80. The van der Waals surface area contributed by atoms with Crippen LogP contribution in [0.3, 0.4) is 0 Å². The van der Waals surface area contributed by atoms with Crippen molar-refractivity contribution in [2.75, 3.05) is 6.54 Å². The van der Waals surface area contributed by atoms with Crippen molar-refractivity contribution in [2.24, 2.45) is 0 Å². The molecule has 2 heterocycles. The molecule has 0 unspecified atom stereocenters. The van der Waals surface area contributed by atoms with Gasteiger partial charge in [0, 0.05) is 19.0 Å². The maximum Gasteiger partial charge on any atom is 0.371 e. The largest absolute Gasteiger partial charge is 0.475 e. The van der Waals surface area contributed by atoms with Crippen molar-refractivity contribution in [3.8, 4) is 0 Å². The van der Waals surface area contributed by atoms with E-state index in [9.17, 15) is 9.59 Å². The van der Waals surface area contributed by atoms with Gasteiger partial charge in [0.05, 0.1) is 11.0 Å². The van der Waals surface area contributed by atoms with Crippen LogP contribution in [0.4, 0.5) is 0 Å². The molecule has 0 saturated carbocycles. The second kappa shape index (κ2) is 6.80. The highest BCUT2D eigenvalue weighted by Gasteiger charge is 2.16. The normalized spacial score (nSPS) is 11.2. The topological polar surface area (TPSA) is 97.4 Å². The van der Waals surface area contributed by atoms with E-state index in [1.165, 1.54) is 12.1 Å². The highest BCUT2D eigenvalue weighted by molar-refractivity contribution is 5.93. The molecular weight excluding hydrogens is 322 g/mol. The quantitative estimate of drug-likeness (QED) is 0.718.